The van der Waals surface area contributed by atoms with E-state index in [1.165, 1.54) is 0 Å². The molecule has 3 aliphatic carbocycles. The average molecular weight is 1020 g/mol. The van der Waals surface area contributed by atoms with Crippen LogP contribution in [0.5, 0.6) is 0 Å². The molecule has 1 heterocycles. The first-order chi connectivity index (χ1) is 18.6. The monoisotopic (exact) mass is 1020 g/mol. The molecule has 1 aromatic carbocycles. The number of benzene rings is 1. The van der Waals surface area contributed by atoms with E-state index < -0.39 is 82.1 Å². The van der Waals surface area contributed by atoms with Crippen LogP contribution in [0.25, 0.3) is 0 Å². The van der Waals surface area contributed by atoms with Crippen LogP contribution < -0.4 is 5.73 Å². The molecule has 1 saturated heterocycles. The van der Waals surface area contributed by atoms with E-state index in [2.05, 4.69) is 5.73 Å². The number of rotatable bonds is 5. The van der Waals surface area contributed by atoms with E-state index in [4.69, 9.17) is 9.62 Å². The van der Waals surface area contributed by atoms with Crippen molar-refractivity contribution in [3.8, 4) is 0 Å². The van der Waals surface area contributed by atoms with Gasteiger partial charge in [-0.3, -0.25) is 10.1 Å². The van der Waals surface area contributed by atoms with Gasteiger partial charge < -0.3 is 36.0 Å². The van der Waals surface area contributed by atoms with Crippen LogP contribution in [0, 0.1) is 117 Å². The normalized spacial score (nSPS) is 42.7. The number of hydrogen-bond acceptors (Lipinski definition) is 9. The second-order valence-electron chi connectivity index (χ2n) is 13.4. The number of Topliss-reactive ketones (excluding diaryl/α,β-unsaturated/α-hetero) is 1. The van der Waals surface area contributed by atoms with Gasteiger partial charge in [0.25, 0.3) is 0 Å². The van der Waals surface area contributed by atoms with Gasteiger partial charge in [0.15, 0.2) is 5.78 Å². The second-order valence-corrected chi connectivity index (χ2v) is 13.4. The number of aliphatic hydroxyl groups is 5. The van der Waals surface area contributed by atoms with Crippen LogP contribution in [0.1, 0.15) is 59.1 Å². The minimum absolute atomic E-state index is 0. The van der Waals surface area contributed by atoms with Crippen LogP contribution in [0.3, 0.4) is 0 Å². The maximum atomic E-state index is 14.2. The molecule has 12 atom stereocenters. The molecule has 0 spiro atoms. The average Bonchev–Trinajstić information content (AvgIpc) is 2.92. The van der Waals surface area contributed by atoms with Gasteiger partial charge in [-0.15, -0.1) is 0 Å². The number of ether oxygens (including phenoxy) is 1. The Morgan fingerprint density at radius 2 is 1.69 bits per heavy atom. The Kier molecular flexibility index (Phi) is 11.6. The number of fused-ring (bicyclic) bond motifs is 5. The number of hydrogen-bond donors (Lipinski definition) is 7. The zero-order valence-electron chi connectivity index (χ0n) is 25.0. The molecule has 228 valence electrons. The summed E-state index contributed by atoms with van der Waals surface area (Å²) in [6, 6.07) is 8.38. The molecule has 2 radical (unpaired) electrons. The zero-order valence-corrected chi connectivity index (χ0v) is 34.5. The Morgan fingerprint density at radius 3 is 2.21 bits per heavy atom. The van der Waals surface area contributed by atoms with Crippen molar-refractivity contribution in [3.05, 3.63) is 47.0 Å². The number of carbonyl (C=O) groups is 1. The van der Waals surface area contributed by atoms with Crippen molar-refractivity contribution >= 4 is 5.78 Å². The van der Waals surface area contributed by atoms with E-state index in [0.29, 0.717) is 5.57 Å². The van der Waals surface area contributed by atoms with Gasteiger partial charge >= 0.3 is 0 Å². The third kappa shape index (κ3) is 5.18. The Hall–Kier alpha value is 1.15. The molecule has 0 amide bonds. The van der Waals surface area contributed by atoms with Gasteiger partial charge in [-0.2, -0.15) is 0 Å². The van der Waals surface area contributed by atoms with Crippen molar-refractivity contribution in [3.63, 3.8) is 0 Å². The molecule has 12 heteroatoms. The Morgan fingerprint density at radius 1 is 1.10 bits per heavy atom. The fourth-order valence-electron chi connectivity index (χ4n) is 8.92. The van der Waals surface area contributed by atoms with Crippen LogP contribution in [0.4, 0.5) is 0 Å². The number of carbonyl (C=O) groups excluding carboxylic acids is 1. The Bertz CT molecular complexity index is 1200. The minimum atomic E-state index is -1.71. The molecular weight excluding hydrogens is 972 g/mol. The van der Waals surface area contributed by atoms with Gasteiger partial charge in [0.05, 0.1) is 29.8 Å². The molecule has 9 N–H and O–H groups in total. The fraction of sp³-hybridized carbons (Fsp3) is 0.700. The van der Waals surface area contributed by atoms with E-state index >= 15 is 0 Å². The summed E-state index contributed by atoms with van der Waals surface area (Å²) in [5, 5.41) is 69.1. The summed E-state index contributed by atoms with van der Waals surface area (Å²) in [5.74, 6) is -3.17. The number of aliphatic hydroxyl groups excluding tert-OH is 3. The van der Waals surface area contributed by atoms with Gasteiger partial charge in [0.1, 0.15) is 30.0 Å². The summed E-state index contributed by atoms with van der Waals surface area (Å²) < 4.78 is 5.60. The molecule has 5 rings (SSSR count). The standard InChI is InChI=1S/C30H43NO9.2Ac/c1-14-17(24(40-38)23(34)21(31)16-9-7-6-8-10-16)12-30(37)15(2)25-28(5,18(32)11-19-29(25,36)13-39-19)26(35)22(33)20(14)27(30,3)4;;/h6-10,15,17-19,21-25,32-34,36-38H,11-13,31H2,1-5H3;;/p+1/t15?,17?,18?,19?,21?,22?,23?,24-,25?,28-,29?,30?;;/m1../s1. The van der Waals surface area contributed by atoms with Crippen molar-refractivity contribution in [1.29, 1.82) is 0 Å². The van der Waals surface area contributed by atoms with E-state index in [1.807, 2.05) is 18.2 Å². The summed E-state index contributed by atoms with van der Waals surface area (Å²) in [4.78, 5) is 19.1. The Labute approximate surface area is 318 Å². The van der Waals surface area contributed by atoms with Crippen molar-refractivity contribution in [1.82, 2.24) is 0 Å². The topological polar surface area (TPSA) is 185 Å². The molecule has 2 saturated carbocycles. The smallest absolute Gasteiger partial charge is 0.174 e. The minimum Gasteiger partial charge on any atom is -0.392 e. The van der Waals surface area contributed by atoms with Crippen LogP contribution in [0.2, 0.25) is 0 Å². The van der Waals surface area contributed by atoms with Crippen LogP contribution >= 0.6 is 0 Å². The number of quaternary nitrogens is 1. The molecule has 42 heavy (non-hydrogen) atoms. The van der Waals surface area contributed by atoms with E-state index in [-0.39, 0.29) is 113 Å². The van der Waals surface area contributed by atoms with E-state index in [1.54, 1.807) is 46.8 Å². The van der Waals surface area contributed by atoms with Crippen molar-refractivity contribution < 1.29 is 139 Å². The van der Waals surface area contributed by atoms with Crippen LogP contribution in [0.15, 0.2) is 41.5 Å². The first kappa shape index (κ1) is 37.6. The molecular formula is C30H44Ac2NO9+. The number of ketones is 1. The molecule has 2 bridgehead atoms. The molecule has 1 aliphatic heterocycles. The predicted octanol–water partition coefficient (Wildman–Crippen LogP) is 0.379. The summed E-state index contributed by atoms with van der Waals surface area (Å²) >= 11 is 0. The van der Waals surface area contributed by atoms with Gasteiger partial charge in [-0.05, 0) is 31.8 Å². The fourth-order valence-corrected chi connectivity index (χ4v) is 8.92. The van der Waals surface area contributed by atoms with Gasteiger partial charge in [-0.25, -0.2) is 4.89 Å². The molecule has 4 aliphatic rings. The van der Waals surface area contributed by atoms with Gasteiger partial charge in [-0.1, -0.05) is 56.7 Å². The largest absolute Gasteiger partial charge is 0.392 e. The molecule has 0 aromatic heterocycles. The van der Waals surface area contributed by atoms with Gasteiger partial charge in [0, 0.05) is 117 Å². The summed E-state index contributed by atoms with van der Waals surface area (Å²) in [6.45, 7) is 8.50. The van der Waals surface area contributed by atoms with Crippen molar-refractivity contribution in [2.75, 3.05) is 6.61 Å². The Balaban J connectivity index is 0.00000242. The van der Waals surface area contributed by atoms with Crippen LogP contribution in [-0.2, 0) is 14.4 Å². The molecule has 3 fully saturated rings. The molecule has 10 nitrogen and oxygen atoms in total. The molecule has 10 unspecified atom stereocenters. The van der Waals surface area contributed by atoms with Crippen molar-refractivity contribution in [2.45, 2.75) is 95.2 Å². The second kappa shape index (κ2) is 13.0. The van der Waals surface area contributed by atoms with E-state index in [9.17, 15) is 35.6 Å². The maximum absolute atomic E-state index is 14.2. The summed E-state index contributed by atoms with van der Waals surface area (Å²) in [7, 11) is 0. The van der Waals surface area contributed by atoms with Crippen molar-refractivity contribution in [2.24, 2.45) is 28.6 Å². The summed E-state index contributed by atoms with van der Waals surface area (Å²) in [6.07, 6.45) is -6.15. The third-order valence-corrected chi connectivity index (χ3v) is 11.5. The predicted molar refractivity (Wildman–Crippen MR) is 142 cm³/mol. The summed E-state index contributed by atoms with van der Waals surface area (Å²) in [5.41, 5.74) is -0.267. The van der Waals surface area contributed by atoms with Gasteiger partial charge in [0.2, 0.25) is 0 Å². The molecule has 1 aromatic rings. The first-order valence-corrected chi connectivity index (χ1v) is 14.1. The maximum Gasteiger partial charge on any atom is 0.174 e. The SMILES string of the molecule is CC1=C2C(O)C(=O)[C@]3(C)C(O)CC4OCC4(O)C3C(C)C(O)(CC1[C@@H](OO)C(O)C([NH3+])c1ccccc1)C2(C)C.[Ac].[Ac]. The van der Waals surface area contributed by atoms with Crippen LogP contribution in [-0.4, -0.2) is 84.9 Å². The van der Waals surface area contributed by atoms with E-state index in [0.717, 1.165) is 5.56 Å². The zero-order chi connectivity index (χ0) is 29.6. The first-order valence-electron chi connectivity index (χ1n) is 14.1. The third-order valence-electron chi connectivity index (χ3n) is 11.5. The quantitative estimate of drug-likeness (QED) is 0.125.